The minimum Gasteiger partial charge on any atom is -0.452 e. The van der Waals surface area contributed by atoms with E-state index in [2.05, 4.69) is 26.5 Å². The number of ether oxygens (including phenoxy) is 1. The Labute approximate surface area is 147 Å². The summed E-state index contributed by atoms with van der Waals surface area (Å²) in [7, 11) is 1.77. The molecule has 0 spiro atoms. The number of nitrogens with one attached hydrogen (secondary N) is 1. The van der Waals surface area contributed by atoms with E-state index >= 15 is 0 Å². The SMILES string of the molecule is CC(=NNC(=O)c1cc(Br)cn1C)C1Cc2ccccc2C(=O)O1. The number of aryl methyl sites for hydroxylation is 1. The summed E-state index contributed by atoms with van der Waals surface area (Å²) in [4.78, 5) is 24.2. The van der Waals surface area contributed by atoms with Crippen molar-refractivity contribution in [1.29, 1.82) is 0 Å². The van der Waals surface area contributed by atoms with Crippen LogP contribution in [0, 0.1) is 0 Å². The van der Waals surface area contributed by atoms with Gasteiger partial charge in [-0.15, -0.1) is 0 Å². The number of cyclic esters (lactones) is 1. The molecule has 0 bridgehead atoms. The summed E-state index contributed by atoms with van der Waals surface area (Å²) in [6, 6.07) is 9.04. The van der Waals surface area contributed by atoms with Gasteiger partial charge in [-0.1, -0.05) is 18.2 Å². The van der Waals surface area contributed by atoms with Crippen LogP contribution in [-0.4, -0.2) is 28.3 Å². The molecule has 2 heterocycles. The van der Waals surface area contributed by atoms with Crippen molar-refractivity contribution in [1.82, 2.24) is 9.99 Å². The van der Waals surface area contributed by atoms with Gasteiger partial charge < -0.3 is 9.30 Å². The van der Waals surface area contributed by atoms with Crippen molar-refractivity contribution >= 4 is 33.5 Å². The number of amides is 1. The van der Waals surface area contributed by atoms with Crippen molar-refractivity contribution in [2.24, 2.45) is 12.1 Å². The summed E-state index contributed by atoms with van der Waals surface area (Å²) in [6.07, 6.45) is 1.85. The number of benzene rings is 1. The highest BCUT2D eigenvalue weighted by atomic mass is 79.9. The van der Waals surface area contributed by atoms with Crippen LogP contribution in [-0.2, 0) is 18.2 Å². The molecule has 3 rings (SSSR count). The van der Waals surface area contributed by atoms with E-state index in [0.29, 0.717) is 23.4 Å². The van der Waals surface area contributed by atoms with Crippen molar-refractivity contribution < 1.29 is 14.3 Å². The molecular formula is C17H16BrN3O3. The lowest BCUT2D eigenvalue weighted by molar-refractivity contribution is 0.0389. The molecule has 1 amide bonds. The van der Waals surface area contributed by atoms with Crippen LogP contribution in [0.1, 0.15) is 33.3 Å². The van der Waals surface area contributed by atoms with E-state index in [4.69, 9.17) is 4.74 Å². The van der Waals surface area contributed by atoms with Gasteiger partial charge in [-0.25, -0.2) is 10.2 Å². The van der Waals surface area contributed by atoms with Gasteiger partial charge in [-0.2, -0.15) is 5.10 Å². The largest absolute Gasteiger partial charge is 0.452 e. The van der Waals surface area contributed by atoms with Gasteiger partial charge in [0.05, 0.1) is 11.3 Å². The van der Waals surface area contributed by atoms with Gasteiger partial charge in [0, 0.05) is 24.1 Å². The highest BCUT2D eigenvalue weighted by Crippen LogP contribution is 2.21. The average Bonchev–Trinajstić information content (AvgIpc) is 2.90. The number of carbonyl (C=O) groups is 2. The second kappa shape index (κ2) is 6.60. The summed E-state index contributed by atoms with van der Waals surface area (Å²) in [5, 5.41) is 4.09. The van der Waals surface area contributed by atoms with Crippen molar-refractivity contribution in [2.75, 3.05) is 0 Å². The third kappa shape index (κ3) is 3.26. The average molecular weight is 390 g/mol. The summed E-state index contributed by atoms with van der Waals surface area (Å²) >= 11 is 3.32. The molecule has 1 aliphatic heterocycles. The lowest BCUT2D eigenvalue weighted by Gasteiger charge is -2.24. The van der Waals surface area contributed by atoms with E-state index in [0.717, 1.165) is 10.0 Å². The smallest absolute Gasteiger partial charge is 0.339 e. The second-order valence-electron chi connectivity index (χ2n) is 5.60. The number of fused-ring (bicyclic) bond motifs is 1. The molecule has 0 saturated carbocycles. The Kier molecular flexibility index (Phi) is 4.53. The van der Waals surface area contributed by atoms with E-state index in [1.54, 1.807) is 42.9 Å². The molecule has 0 fully saturated rings. The highest BCUT2D eigenvalue weighted by molar-refractivity contribution is 9.10. The fraction of sp³-hybridized carbons (Fsp3) is 0.235. The Balaban J connectivity index is 1.72. The van der Waals surface area contributed by atoms with Gasteiger partial charge in [0.2, 0.25) is 0 Å². The number of rotatable bonds is 3. The van der Waals surface area contributed by atoms with E-state index in [1.165, 1.54) is 0 Å². The predicted molar refractivity (Wildman–Crippen MR) is 93.0 cm³/mol. The zero-order valence-electron chi connectivity index (χ0n) is 13.2. The number of hydrogen-bond acceptors (Lipinski definition) is 4. The number of halogens is 1. The Hall–Kier alpha value is -2.41. The standard InChI is InChI=1S/C17H16BrN3O3/c1-10(19-20-16(22)14-8-12(18)9-21(14)2)15-7-11-5-3-4-6-13(11)17(23)24-15/h3-6,8-9,15H,7H2,1-2H3,(H,20,22). The fourth-order valence-electron chi connectivity index (χ4n) is 2.58. The first kappa shape index (κ1) is 16.4. The topological polar surface area (TPSA) is 72.7 Å². The maximum atomic E-state index is 12.2. The first-order valence-corrected chi connectivity index (χ1v) is 8.20. The second-order valence-corrected chi connectivity index (χ2v) is 6.52. The van der Waals surface area contributed by atoms with Crippen molar-refractivity contribution in [3.8, 4) is 0 Å². The number of nitrogens with zero attached hydrogens (tertiary/aromatic N) is 2. The molecule has 24 heavy (non-hydrogen) atoms. The van der Waals surface area contributed by atoms with Crippen LogP contribution in [0.3, 0.4) is 0 Å². The van der Waals surface area contributed by atoms with Crippen molar-refractivity contribution in [2.45, 2.75) is 19.4 Å². The molecule has 1 N–H and O–H groups in total. The molecule has 1 unspecified atom stereocenters. The molecule has 124 valence electrons. The summed E-state index contributed by atoms with van der Waals surface area (Å²) in [5.41, 5.74) is 5.03. The normalized spacial score (nSPS) is 17.2. The quantitative estimate of drug-likeness (QED) is 0.498. The maximum absolute atomic E-state index is 12.2. The molecule has 7 heteroatoms. The molecular weight excluding hydrogens is 374 g/mol. The van der Waals surface area contributed by atoms with Gasteiger partial charge in [0.15, 0.2) is 0 Å². The number of carbonyl (C=O) groups excluding carboxylic acids is 2. The molecule has 1 aromatic heterocycles. The Bertz CT molecular complexity index is 841. The lowest BCUT2D eigenvalue weighted by Crippen LogP contribution is -2.34. The first-order chi connectivity index (χ1) is 11.5. The molecule has 0 radical (unpaired) electrons. The number of aromatic nitrogens is 1. The number of hydrazone groups is 1. The van der Waals surface area contributed by atoms with Crippen LogP contribution in [0.2, 0.25) is 0 Å². The van der Waals surface area contributed by atoms with Crippen LogP contribution in [0.15, 0.2) is 46.1 Å². The van der Waals surface area contributed by atoms with E-state index in [9.17, 15) is 9.59 Å². The first-order valence-electron chi connectivity index (χ1n) is 7.41. The molecule has 6 nitrogen and oxygen atoms in total. The minimum atomic E-state index is -0.479. The van der Waals surface area contributed by atoms with Crippen molar-refractivity contribution in [3.63, 3.8) is 0 Å². The molecule has 0 aliphatic carbocycles. The van der Waals surface area contributed by atoms with E-state index in [-0.39, 0.29) is 11.9 Å². The van der Waals surface area contributed by atoms with Gasteiger partial charge in [0.1, 0.15) is 11.8 Å². The fourth-order valence-corrected chi connectivity index (χ4v) is 3.11. The van der Waals surface area contributed by atoms with Crippen LogP contribution < -0.4 is 5.43 Å². The van der Waals surface area contributed by atoms with E-state index < -0.39 is 6.10 Å². The Morgan fingerprint density at radius 3 is 2.88 bits per heavy atom. The molecule has 0 saturated heterocycles. The number of esters is 1. The lowest BCUT2D eigenvalue weighted by atomic mass is 9.97. The molecule has 1 atom stereocenters. The highest BCUT2D eigenvalue weighted by Gasteiger charge is 2.28. The minimum absolute atomic E-state index is 0.329. The summed E-state index contributed by atoms with van der Waals surface area (Å²) in [6.45, 7) is 1.73. The Morgan fingerprint density at radius 2 is 2.17 bits per heavy atom. The molecule has 1 aromatic carbocycles. The van der Waals surface area contributed by atoms with Gasteiger partial charge >= 0.3 is 5.97 Å². The summed E-state index contributed by atoms with van der Waals surface area (Å²) < 4.78 is 7.92. The van der Waals surface area contributed by atoms with Gasteiger partial charge in [-0.3, -0.25) is 4.79 Å². The predicted octanol–water partition coefficient (Wildman–Crippen LogP) is 2.68. The third-order valence-corrected chi connectivity index (χ3v) is 4.33. The van der Waals surface area contributed by atoms with Crippen LogP contribution >= 0.6 is 15.9 Å². The molecule has 2 aromatic rings. The van der Waals surface area contributed by atoms with Gasteiger partial charge in [0.25, 0.3) is 5.91 Å². The zero-order chi connectivity index (χ0) is 17.3. The van der Waals surface area contributed by atoms with Crippen LogP contribution in [0.5, 0.6) is 0 Å². The number of hydrogen-bond donors (Lipinski definition) is 1. The monoisotopic (exact) mass is 389 g/mol. The van der Waals surface area contributed by atoms with E-state index in [1.807, 2.05) is 12.1 Å². The van der Waals surface area contributed by atoms with Crippen molar-refractivity contribution in [3.05, 3.63) is 57.8 Å². The van der Waals surface area contributed by atoms with Crippen LogP contribution in [0.25, 0.3) is 0 Å². The van der Waals surface area contributed by atoms with Crippen LogP contribution in [0.4, 0.5) is 0 Å². The zero-order valence-corrected chi connectivity index (χ0v) is 14.8. The third-order valence-electron chi connectivity index (χ3n) is 3.90. The maximum Gasteiger partial charge on any atom is 0.339 e. The molecule has 1 aliphatic rings. The summed E-state index contributed by atoms with van der Waals surface area (Å²) in [5.74, 6) is -0.695. The Morgan fingerprint density at radius 1 is 1.42 bits per heavy atom. The van der Waals surface area contributed by atoms with Gasteiger partial charge in [-0.05, 0) is 40.5 Å².